The molecule has 0 aromatic carbocycles. The molecule has 8 N–H and O–H groups in total. The number of nitrogens with two attached hydrogens (primary N) is 1. The van der Waals surface area contributed by atoms with Crippen LogP contribution in [0.4, 0.5) is 5.82 Å². The Morgan fingerprint density at radius 3 is 2.41 bits per heavy atom. The largest absolute Gasteiger partial charge is 0.481 e. The first-order chi connectivity index (χ1) is 17.4. The lowest BCUT2D eigenvalue weighted by Crippen LogP contribution is -2.62. The molecule has 0 aliphatic carbocycles. The number of carboxylic acids is 3. The zero-order valence-corrected chi connectivity index (χ0v) is 19.1. The SMILES string of the molecule is Nc1ncnc2c1ncn2[C@@H]1O[C@H](C(CC(=O)O)OC2CCC(=O)N2)[C@](O)(CC(=O)O)[C@]1(O)CC(=O)O. The number of nitrogen functional groups attached to an aromatic ring is 1. The van der Waals surface area contributed by atoms with Crippen LogP contribution in [0.25, 0.3) is 11.2 Å². The van der Waals surface area contributed by atoms with Gasteiger partial charge in [0.25, 0.3) is 0 Å². The molecular weight excluding hydrogens is 500 g/mol. The fraction of sp³-hybridized carbons (Fsp3) is 0.550. The molecule has 200 valence electrons. The number of carboxylic acid groups (broad SMARTS) is 3. The number of nitrogens with one attached hydrogen (secondary N) is 1. The maximum Gasteiger partial charge on any atom is 0.306 e. The number of ether oxygens (including phenoxy) is 2. The Kier molecular flexibility index (Phi) is 6.72. The van der Waals surface area contributed by atoms with Gasteiger partial charge in [0.2, 0.25) is 5.91 Å². The van der Waals surface area contributed by atoms with Crippen molar-refractivity contribution in [1.82, 2.24) is 24.8 Å². The molecular formula is C20H24N6O11. The molecule has 17 heteroatoms. The van der Waals surface area contributed by atoms with E-state index in [-0.39, 0.29) is 35.7 Å². The predicted octanol–water partition coefficient (Wildman–Crippen LogP) is -2.19. The van der Waals surface area contributed by atoms with Gasteiger partial charge in [-0.05, 0) is 0 Å². The van der Waals surface area contributed by atoms with Gasteiger partial charge in [0.05, 0.1) is 31.7 Å². The van der Waals surface area contributed by atoms with E-state index in [4.69, 9.17) is 15.2 Å². The molecule has 0 saturated carbocycles. The Labute approximate surface area is 206 Å². The molecule has 4 rings (SSSR count). The van der Waals surface area contributed by atoms with Crippen LogP contribution in [0.3, 0.4) is 0 Å². The number of aliphatic carboxylic acids is 3. The number of nitrogens with zero attached hydrogens (tertiary/aromatic N) is 4. The van der Waals surface area contributed by atoms with E-state index in [0.717, 1.165) is 17.2 Å². The van der Waals surface area contributed by atoms with Crippen LogP contribution in [0.2, 0.25) is 0 Å². The molecule has 2 saturated heterocycles. The van der Waals surface area contributed by atoms with Crippen molar-refractivity contribution in [3.8, 4) is 0 Å². The second-order valence-electron chi connectivity index (χ2n) is 8.85. The van der Waals surface area contributed by atoms with Crippen molar-refractivity contribution in [2.24, 2.45) is 0 Å². The third-order valence-corrected chi connectivity index (χ3v) is 6.39. The summed E-state index contributed by atoms with van der Waals surface area (Å²) in [7, 11) is 0. The van der Waals surface area contributed by atoms with E-state index in [1.807, 2.05) is 0 Å². The summed E-state index contributed by atoms with van der Waals surface area (Å²) in [6.45, 7) is 0. The van der Waals surface area contributed by atoms with Gasteiger partial charge in [-0.1, -0.05) is 0 Å². The Bertz CT molecular complexity index is 1250. The van der Waals surface area contributed by atoms with Gasteiger partial charge in [-0.2, -0.15) is 0 Å². The zero-order valence-electron chi connectivity index (χ0n) is 19.1. The van der Waals surface area contributed by atoms with E-state index >= 15 is 0 Å². The van der Waals surface area contributed by atoms with E-state index in [9.17, 15) is 44.7 Å². The Morgan fingerprint density at radius 1 is 1.14 bits per heavy atom. The van der Waals surface area contributed by atoms with Crippen LogP contribution in [0.1, 0.15) is 38.3 Å². The molecule has 17 nitrogen and oxygen atoms in total. The van der Waals surface area contributed by atoms with Gasteiger partial charge >= 0.3 is 17.9 Å². The minimum absolute atomic E-state index is 0.0426. The average Bonchev–Trinajstić information content (AvgIpc) is 3.43. The Balaban J connectivity index is 1.86. The van der Waals surface area contributed by atoms with Crippen molar-refractivity contribution >= 4 is 40.8 Å². The fourth-order valence-corrected chi connectivity index (χ4v) is 4.81. The van der Waals surface area contributed by atoms with Crippen molar-refractivity contribution in [1.29, 1.82) is 0 Å². The van der Waals surface area contributed by atoms with E-state index < -0.39 is 73.0 Å². The number of aliphatic hydroxyl groups is 2. The van der Waals surface area contributed by atoms with Crippen molar-refractivity contribution < 1.29 is 54.2 Å². The molecule has 1 amide bonds. The van der Waals surface area contributed by atoms with Gasteiger partial charge < -0.3 is 46.1 Å². The standard InChI is InChI=1S/C20H24N6O11/c21-16-14-17(23-6-22-16)26(7-24-14)18-20(35,5-13(32)33)19(34,4-12(30)31)15(37-18)8(3-11(28)29)36-10-2-1-9(27)25-10/h6-8,10,15,18,34-35H,1-5H2,(H,25,27)(H,28,29)(H,30,31)(H,32,33)(H2,21,22,23)/t8?,10?,15-,18-,19-,20+/m1/s1. The summed E-state index contributed by atoms with van der Waals surface area (Å²) in [5.74, 6) is -5.15. The van der Waals surface area contributed by atoms with Gasteiger partial charge in [-0.3, -0.25) is 23.7 Å². The lowest BCUT2D eigenvalue weighted by Gasteiger charge is -2.41. The van der Waals surface area contributed by atoms with E-state index in [0.29, 0.717) is 0 Å². The van der Waals surface area contributed by atoms with Crippen LogP contribution in [0, 0.1) is 0 Å². The van der Waals surface area contributed by atoms with Crippen LogP contribution >= 0.6 is 0 Å². The number of carbonyl (C=O) groups excluding carboxylic acids is 1. The highest BCUT2D eigenvalue weighted by Gasteiger charge is 2.70. The fourth-order valence-electron chi connectivity index (χ4n) is 4.81. The van der Waals surface area contributed by atoms with Gasteiger partial charge in [-0.15, -0.1) is 0 Å². The van der Waals surface area contributed by atoms with Crippen LogP contribution in [-0.2, 0) is 28.7 Å². The number of rotatable bonds is 10. The van der Waals surface area contributed by atoms with E-state index in [1.54, 1.807) is 0 Å². The van der Waals surface area contributed by atoms with E-state index in [2.05, 4.69) is 20.3 Å². The second kappa shape index (κ2) is 9.51. The molecule has 2 aromatic heterocycles. The summed E-state index contributed by atoms with van der Waals surface area (Å²) in [4.78, 5) is 58.8. The minimum atomic E-state index is -2.90. The summed E-state index contributed by atoms with van der Waals surface area (Å²) < 4.78 is 12.6. The minimum Gasteiger partial charge on any atom is -0.481 e. The molecule has 2 aliphatic rings. The number of hydrogen-bond acceptors (Lipinski definition) is 12. The molecule has 0 bridgehead atoms. The normalized spacial score (nSPS) is 30.3. The highest BCUT2D eigenvalue weighted by atomic mass is 16.6. The number of carbonyl (C=O) groups is 4. The smallest absolute Gasteiger partial charge is 0.306 e. The molecule has 4 heterocycles. The molecule has 2 fully saturated rings. The highest BCUT2D eigenvalue weighted by molar-refractivity contribution is 5.81. The summed E-state index contributed by atoms with van der Waals surface area (Å²) in [6, 6.07) is 0. The molecule has 2 aromatic rings. The summed E-state index contributed by atoms with van der Waals surface area (Å²) in [5, 5.41) is 54.6. The third-order valence-electron chi connectivity index (χ3n) is 6.39. The predicted molar refractivity (Wildman–Crippen MR) is 116 cm³/mol. The van der Waals surface area contributed by atoms with Crippen molar-refractivity contribution in [3.63, 3.8) is 0 Å². The Morgan fingerprint density at radius 2 is 1.81 bits per heavy atom. The molecule has 6 atom stereocenters. The highest BCUT2D eigenvalue weighted by Crippen LogP contribution is 2.52. The number of fused-ring (bicyclic) bond motifs is 1. The van der Waals surface area contributed by atoms with Crippen molar-refractivity contribution in [2.45, 2.75) is 68.0 Å². The van der Waals surface area contributed by atoms with Crippen LogP contribution in [-0.4, -0.2) is 98.5 Å². The molecule has 2 aliphatic heterocycles. The lowest BCUT2D eigenvalue weighted by atomic mass is 9.73. The molecule has 2 unspecified atom stereocenters. The van der Waals surface area contributed by atoms with Crippen molar-refractivity contribution in [2.75, 3.05) is 5.73 Å². The van der Waals surface area contributed by atoms with Gasteiger partial charge in [0, 0.05) is 12.8 Å². The monoisotopic (exact) mass is 524 g/mol. The quantitative estimate of drug-likeness (QED) is 0.174. The maximum absolute atomic E-state index is 11.8. The number of imidazole rings is 1. The Hall–Kier alpha value is -3.93. The van der Waals surface area contributed by atoms with Gasteiger partial charge in [0.15, 0.2) is 23.3 Å². The first-order valence-electron chi connectivity index (χ1n) is 11.0. The molecule has 37 heavy (non-hydrogen) atoms. The van der Waals surface area contributed by atoms with Crippen LogP contribution < -0.4 is 11.1 Å². The molecule has 0 spiro atoms. The van der Waals surface area contributed by atoms with Gasteiger partial charge in [-0.25, -0.2) is 15.0 Å². The van der Waals surface area contributed by atoms with Gasteiger partial charge in [0.1, 0.15) is 29.8 Å². The average molecular weight is 524 g/mol. The molecule has 0 radical (unpaired) electrons. The zero-order chi connectivity index (χ0) is 27.1. The topological polar surface area (TPSA) is 270 Å². The third kappa shape index (κ3) is 4.64. The maximum atomic E-state index is 11.8. The van der Waals surface area contributed by atoms with Crippen LogP contribution in [0.5, 0.6) is 0 Å². The van der Waals surface area contributed by atoms with Crippen molar-refractivity contribution in [3.05, 3.63) is 12.7 Å². The first-order valence-corrected chi connectivity index (χ1v) is 11.0. The van der Waals surface area contributed by atoms with Crippen LogP contribution in [0.15, 0.2) is 12.7 Å². The number of aromatic nitrogens is 4. The summed E-state index contributed by atoms with van der Waals surface area (Å²) in [6.07, 6.45) is -7.35. The number of anilines is 1. The number of amides is 1. The second-order valence-corrected chi connectivity index (χ2v) is 8.85. The first kappa shape index (κ1) is 26.1. The number of hydrogen-bond donors (Lipinski definition) is 7. The lowest BCUT2D eigenvalue weighted by molar-refractivity contribution is -0.195. The summed E-state index contributed by atoms with van der Waals surface area (Å²) >= 11 is 0. The van der Waals surface area contributed by atoms with E-state index in [1.165, 1.54) is 0 Å². The summed E-state index contributed by atoms with van der Waals surface area (Å²) in [5.41, 5.74) is 0.0271.